The summed E-state index contributed by atoms with van der Waals surface area (Å²) in [5, 5.41) is 12.3. The van der Waals surface area contributed by atoms with Crippen molar-refractivity contribution in [3.8, 4) is 0 Å². The van der Waals surface area contributed by atoms with Crippen molar-refractivity contribution in [1.82, 2.24) is 5.32 Å². The lowest BCUT2D eigenvalue weighted by Crippen LogP contribution is -2.32. The van der Waals surface area contributed by atoms with Crippen LogP contribution in [0.15, 0.2) is 0 Å². The Morgan fingerprint density at radius 1 is 1.24 bits per heavy atom. The first-order valence-electron chi connectivity index (χ1n) is 6.52. The lowest BCUT2D eigenvalue weighted by molar-refractivity contribution is 0.108. The first-order valence-corrected chi connectivity index (χ1v) is 8.23. The van der Waals surface area contributed by atoms with Gasteiger partial charge in [-0.25, -0.2) is 8.42 Å². The van der Waals surface area contributed by atoms with E-state index in [9.17, 15) is 13.5 Å². The van der Waals surface area contributed by atoms with E-state index in [0.29, 0.717) is 12.5 Å². The third kappa shape index (κ3) is 5.36. The van der Waals surface area contributed by atoms with Crippen LogP contribution in [0, 0.1) is 5.92 Å². The molecule has 102 valence electrons. The number of aliphatic hydroxyl groups is 1. The number of aliphatic hydroxyl groups excluding tert-OH is 1. The molecule has 0 radical (unpaired) electrons. The molecular weight excluding hydrogens is 238 g/mol. The van der Waals surface area contributed by atoms with Crippen molar-refractivity contribution in [2.24, 2.45) is 5.92 Å². The van der Waals surface area contributed by atoms with Gasteiger partial charge in [-0.1, -0.05) is 0 Å². The average molecular weight is 263 g/mol. The lowest BCUT2D eigenvalue weighted by atomic mass is 9.87. The van der Waals surface area contributed by atoms with E-state index in [2.05, 4.69) is 5.32 Å². The molecule has 1 aliphatic rings. The van der Waals surface area contributed by atoms with Crippen LogP contribution in [0.3, 0.4) is 0 Å². The molecule has 0 aromatic carbocycles. The van der Waals surface area contributed by atoms with E-state index in [4.69, 9.17) is 0 Å². The second kappa shape index (κ2) is 6.71. The maximum Gasteiger partial charge on any atom is 0.153 e. The maximum absolute atomic E-state index is 11.6. The van der Waals surface area contributed by atoms with Crippen molar-refractivity contribution in [3.63, 3.8) is 0 Å². The summed E-state index contributed by atoms with van der Waals surface area (Å²) < 4.78 is 23.1. The lowest BCUT2D eigenvalue weighted by Gasteiger charge is -2.25. The van der Waals surface area contributed by atoms with Crippen molar-refractivity contribution in [3.05, 3.63) is 0 Å². The number of nitrogens with one attached hydrogen (secondary N) is 1. The number of rotatable bonds is 6. The molecule has 0 aromatic heterocycles. The van der Waals surface area contributed by atoms with E-state index < -0.39 is 9.84 Å². The minimum absolute atomic E-state index is 0.118. The number of sulfone groups is 1. The first kappa shape index (κ1) is 14.9. The molecule has 0 heterocycles. The summed E-state index contributed by atoms with van der Waals surface area (Å²) >= 11 is 0. The Labute approximate surface area is 105 Å². The van der Waals surface area contributed by atoms with Gasteiger partial charge < -0.3 is 10.4 Å². The molecule has 2 N–H and O–H groups in total. The van der Waals surface area contributed by atoms with Gasteiger partial charge >= 0.3 is 0 Å². The fourth-order valence-electron chi connectivity index (χ4n) is 2.11. The van der Waals surface area contributed by atoms with Crippen molar-refractivity contribution < 1.29 is 13.5 Å². The van der Waals surface area contributed by atoms with Gasteiger partial charge in [-0.15, -0.1) is 0 Å². The predicted molar refractivity (Wildman–Crippen MR) is 69.8 cm³/mol. The third-order valence-electron chi connectivity index (χ3n) is 3.53. The zero-order valence-corrected chi connectivity index (χ0v) is 11.7. The highest BCUT2D eigenvalue weighted by Crippen LogP contribution is 2.23. The molecule has 0 amide bonds. The minimum atomic E-state index is -2.91. The van der Waals surface area contributed by atoms with Crippen LogP contribution in [0.25, 0.3) is 0 Å². The number of hydrogen-bond donors (Lipinski definition) is 2. The summed E-state index contributed by atoms with van der Waals surface area (Å²) in [7, 11) is -2.91. The largest absolute Gasteiger partial charge is 0.393 e. The molecule has 5 heteroatoms. The van der Waals surface area contributed by atoms with E-state index in [1.54, 1.807) is 13.8 Å². The van der Waals surface area contributed by atoms with E-state index in [1.165, 1.54) is 0 Å². The third-order valence-corrected chi connectivity index (χ3v) is 5.74. The monoisotopic (exact) mass is 263 g/mol. The van der Waals surface area contributed by atoms with E-state index in [-0.39, 0.29) is 17.1 Å². The molecular formula is C12H25NO3S. The van der Waals surface area contributed by atoms with Crippen molar-refractivity contribution in [2.45, 2.75) is 50.9 Å². The summed E-state index contributed by atoms with van der Waals surface area (Å²) in [5.41, 5.74) is 0. The second-order valence-corrected chi connectivity index (χ2v) is 7.97. The Balaban J connectivity index is 2.12. The maximum atomic E-state index is 11.6. The Bertz CT molecular complexity index is 306. The van der Waals surface area contributed by atoms with Gasteiger partial charge in [0.05, 0.1) is 17.1 Å². The Hall–Kier alpha value is -0.130. The van der Waals surface area contributed by atoms with Crippen LogP contribution in [-0.2, 0) is 9.84 Å². The van der Waals surface area contributed by atoms with Crippen LogP contribution in [-0.4, -0.2) is 43.7 Å². The molecule has 17 heavy (non-hydrogen) atoms. The normalized spacial score (nSPS) is 26.4. The summed E-state index contributed by atoms with van der Waals surface area (Å²) in [5.74, 6) is 0.820. The molecule has 0 saturated heterocycles. The first-order chi connectivity index (χ1) is 7.92. The Morgan fingerprint density at radius 2 is 1.82 bits per heavy atom. The fourth-order valence-corrected chi connectivity index (χ4v) is 3.01. The van der Waals surface area contributed by atoms with Crippen LogP contribution in [0.1, 0.15) is 39.5 Å². The molecule has 0 aromatic rings. The van der Waals surface area contributed by atoms with Crippen LogP contribution in [0.2, 0.25) is 0 Å². The molecule has 1 fully saturated rings. The second-order valence-electron chi connectivity index (χ2n) is 5.29. The highest BCUT2D eigenvalue weighted by atomic mass is 32.2. The molecule has 1 saturated carbocycles. The summed E-state index contributed by atoms with van der Waals surface area (Å²) in [4.78, 5) is 0. The summed E-state index contributed by atoms with van der Waals surface area (Å²) in [6.07, 6.45) is 3.75. The molecule has 0 unspecified atom stereocenters. The molecule has 0 bridgehead atoms. The van der Waals surface area contributed by atoms with Crippen molar-refractivity contribution in [1.29, 1.82) is 0 Å². The Kier molecular flexibility index (Phi) is 5.89. The van der Waals surface area contributed by atoms with Gasteiger partial charge in [-0.2, -0.15) is 0 Å². The highest BCUT2D eigenvalue weighted by Gasteiger charge is 2.19. The standard InChI is InChI=1S/C12H25NO3S/c1-10(2)17(15,16)8-7-13-9-11-3-5-12(14)6-4-11/h10-14H,3-9H2,1-2H3. The quantitative estimate of drug-likeness (QED) is 0.700. The van der Waals surface area contributed by atoms with Crippen LogP contribution in [0.4, 0.5) is 0 Å². The SMILES string of the molecule is CC(C)S(=O)(=O)CCNCC1CCC(O)CC1. The topological polar surface area (TPSA) is 66.4 Å². The van der Waals surface area contributed by atoms with Gasteiger partial charge in [-0.05, 0) is 52.0 Å². The van der Waals surface area contributed by atoms with Crippen LogP contribution < -0.4 is 5.32 Å². The molecule has 0 spiro atoms. The summed E-state index contributed by atoms with van der Waals surface area (Å²) in [6, 6.07) is 0. The molecule has 0 atom stereocenters. The zero-order chi connectivity index (χ0) is 12.9. The van der Waals surface area contributed by atoms with Gasteiger partial charge in [0.25, 0.3) is 0 Å². The van der Waals surface area contributed by atoms with E-state index >= 15 is 0 Å². The number of hydrogen-bond acceptors (Lipinski definition) is 4. The minimum Gasteiger partial charge on any atom is -0.393 e. The van der Waals surface area contributed by atoms with Gasteiger partial charge in [0.15, 0.2) is 9.84 Å². The van der Waals surface area contributed by atoms with Crippen LogP contribution in [0.5, 0.6) is 0 Å². The van der Waals surface area contributed by atoms with Crippen LogP contribution >= 0.6 is 0 Å². The predicted octanol–water partition coefficient (Wildman–Crippen LogP) is 0.950. The molecule has 0 aliphatic heterocycles. The van der Waals surface area contributed by atoms with Gasteiger partial charge in [0.2, 0.25) is 0 Å². The smallest absolute Gasteiger partial charge is 0.153 e. The van der Waals surface area contributed by atoms with Gasteiger partial charge in [0.1, 0.15) is 0 Å². The van der Waals surface area contributed by atoms with Gasteiger partial charge in [0, 0.05) is 6.54 Å². The van der Waals surface area contributed by atoms with Gasteiger partial charge in [-0.3, -0.25) is 0 Å². The molecule has 4 nitrogen and oxygen atoms in total. The average Bonchev–Trinajstić information content (AvgIpc) is 2.26. The van der Waals surface area contributed by atoms with Crippen molar-refractivity contribution >= 4 is 9.84 Å². The fraction of sp³-hybridized carbons (Fsp3) is 1.00. The summed E-state index contributed by atoms with van der Waals surface area (Å²) in [6.45, 7) is 4.86. The highest BCUT2D eigenvalue weighted by molar-refractivity contribution is 7.92. The molecule has 1 rings (SSSR count). The van der Waals surface area contributed by atoms with E-state index in [1.807, 2.05) is 0 Å². The van der Waals surface area contributed by atoms with E-state index in [0.717, 1.165) is 32.2 Å². The molecule has 1 aliphatic carbocycles. The Morgan fingerprint density at radius 3 is 2.35 bits per heavy atom. The van der Waals surface area contributed by atoms with Crippen molar-refractivity contribution in [2.75, 3.05) is 18.8 Å². The zero-order valence-electron chi connectivity index (χ0n) is 10.9.